The Labute approximate surface area is 94.6 Å². The molecule has 0 aliphatic rings. The number of benzene rings is 1. The predicted molar refractivity (Wildman–Crippen MR) is 54.1 cm³/mol. The molecule has 0 amide bonds. The number of aliphatic carboxylic acids is 1. The van der Waals surface area contributed by atoms with Crippen molar-refractivity contribution in [3.63, 3.8) is 0 Å². The van der Waals surface area contributed by atoms with E-state index in [4.69, 9.17) is 14.8 Å². The van der Waals surface area contributed by atoms with Gasteiger partial charge in [0.05, 0.1) is 5.39 Å². The van der Waals surface area contributed by atoms with Gasteiger partial charge in [0, 0.05) is 0 Å². The Balaban J connectivity index is 2.51. The Morgan fingerprint density at radius 2 is 2.24 bits per heavy atom. The van der Waals surface area contributed by atoms with Crippen molar-refractivity contribution in [2.45, 2.75) is 6.36 Å². The van der Waals surface area contributed by atoms with Gasteiger partial charge in [-0.2, -0.15) is 9.65 Å². The fourth-order valence-electron chi connectivity index (χ4n) is 1.37. The number of rotatable bonds is 3. The summed E-state index contributed by atoms with van der Waals surface area (Å²) in [7, 11) is 0. The standard InChI is InChI=1S/C11H6FNO4/c12-10(11(14)15)17-9-6-3-1-2-4-7(6)16-8(9)5-13/h1-4,10H,(H,14,15). The number of carboxylic acids is 1. The fourth-order valence-corrected chi connectivity index (χ4v) is 1.37. The summed E-state index contributed by atoms with van der Waals surface area (Å²) in [6.07, 6.45) is -2.54. The quantitative estimate of drug-likeness (QED) is 0.880. The van der Waals surface area contributed by atoms with Crippen molar-refractivity contribution in [3.8, 4) is 11.8 Å². The zero-order valence-corrected chi connectivity index (χ0v) is 8.38. The first-order chi connectivity index (χ1) is 8.13. The lowest BCUT2D eigenvalue weighted by Crippen LogP contribution is -2.21. The number of alkyl halides is 1. The van der Waals surface area contributed by atoms with Gasteiger partial charge in [-0.3, -0.25) is 0 Å². The van der Waals surface area contributed by atoms with Crippen molar-refractivity contribution in [3.05, 3.63) is 30.0 Å². The van der Waals surface area contributed by atoms with Gasteiger partial charge in [0.15, 0.2) is 5.75 Å². The minimum atomic E-state index is -2.54. The highest BCUT2D eigenvalue weighted by molar-refractivity contribution is 5.87. The zero-order valence-electron chi connectivity index (χ0n) is 8.38. The summed E-state index contributed by atoms with van der Waals surface area (Å²) in [5.74, 6) is -2.22. The second-order valence-corrected chi connectivity index (χ2v) is 3.14. The number of furan rings is 1. The van der Waals surface area contributed by atoms with Crippen LogP contribution in [-0.2, 0) is 4.79 Å². The number of para-hydroxylation sites is 1. The smallest absolute Gasteiger partial charge is 0.378 e. The van der Waals surface area contributed by atoms with Crippen LogP contribution in [0.25, 0.3) is 11.0 Å². The van der Waals surface area contributed by atoms with Crippen LogP contribution in [0.1, 0.15) is 5.76 Å². The van der Waals surface area contributed by atoms with Crippen molar-refractivity contribution < 1.29 is 23.4 Å². The first-order valence-electron chi connectivity index (χ1n) is 4.58. The number of carbonyl (C=O) groups is 1. The molecule has 17 heavy (non-hydrogen) atoms. The summed E-state index contributed by atoms with van der Waals surface area (Å²) < 4.78 is 22.6. The lowest BCUT2D eigenvalue weighted by molar-refractivity contribution is -0.153. The molecule has 0 saturated carbocycles. The molecule has 0 aliphatic carbocycles. The Bertz CT molecular complexity index is 613. The Morgan fingerprint density at radius 1 is 1.53 bits per heavy atom. The molecule has 0 bridgehead atoms. The van der Waals surface area contributed by atoms with E-state index in [1.54, 1.807) is 30.3 Å². The van der Waals surface area contributed by atoms with Gasteiger partial charge in [0.1, 0.15) is 11.7 Å². The van der Waals surface area contributed by atoms with Crippen LogP contribution in [0.4, 0.5) is 4.39 Å². The highest BCUT2D eigenvalue weighted by Gasteiger charge is 2.23. The monoisotopic (exact) mass is 235 g/mol. The first kappa shape index (κ1) is 11.0. The molecule has 0 saturated heterocycles. The molecule has 2 rings (SSSR count). The van der Waals surface area contributed by atoms with Gasteiger partial charge in [-0.05, 0) is 12.1 Å². The highest BCUT2D eigenvalue weighted by atomic mass is 19.1. The van der Waals surface area contributed by atoms with Gasteiger partial charge in [0.2, 0.25) is 5.76 Å². The third-order valence-electron chi connectivity index (χ3n) is 2.07. The van der Waals surface area contributed by atoms with Crippen LogP contribution in [0.15, 0.2) is 28.7 Å². The minimum absolute atomic E-state index is 0.196. The van der Waals surface area contributed by atoms with Gasteiger partial charge < -0.3 is 14.3 Å². The maximum Gasteiger partial charge on any atom is 0.378 e. The minimum Gasteiger partial charge on any atom is -0.476 e. The van der Waals surface area contributed by atoms with Gasteiger partial charge >= 0.3 is 12.3 Å². The van der Waals surface area contributed by atoms with Crippen LogP contribution >= 0.6 is 0 Å². The van der Waals surface area contributed by atoms with Gasteiger partial charge in [-0.25, -0.2) is 4.79 Å². The second-order valence-electron chi connectivity index (χ2n) is 3.14. The molecule has 0 spiro atoms. The van der Waals surface area contributed by atoms with E-state index in [-0.39, 0.29) is 11.5 Å². The molecule has 1 aromatic carbocycles. The molecule has 1 unspecified atom stereocenters. The van der Waals surface area contributed by atoms with Crippen molar-refractivity contribution in [2.75, 3.05) is 0 Å². The van der Waals surface area contributed by atoms with Crippen molar-refractivity contribution >= 4 is 16.9 Å². The van der Waals surface area contributed by atoms with E-state index in [9.17, 15) is 9.18 Å². The molecule has 1 atom stereocenters. The van der Waals surface area contributed by atoms with E-state index in [1.807, 2.05) is 0 Å². The van der Waals surface area contributed by atoms with Crippen LogP contribution in [0.5, 0.6) is 5.75 Å². The molecule has 0 fully saturated rings. The Hall–Kier alpha value is -2.55. The summed E-state index contributed by atoms with van der Waals surface area (Å²) in [5, 5.41) is 17.5. The van der Waals surface area contributed by atoms with E-state index in [0.717, 1.165) is 0 Å². The van der Waals surface area contributed by atoms with E-state index in [1.165, 1.54) is 0 Å². The number of halogens is 1. The van der Waals surface area contributed by atoms with Crippen molar-refractivity contribution in [1.29, 1.82) is 5.26 Å². The maximum absolute atomic E-state index is 13.0. The predicted octanol–water partition coefficient (Wildman–Crippen LogP) is 2.06. The van der Waals surface area contributed by atoms with Crippen molar-refractivity contribution in [2.24, 2.45) is 0 Å². The fraction of sp³-hybridized carbons (Fsp3) is 0.0909. The Kier molecular flexibility index (Phi) is 2.66. The average Bonchev–Trinajstić information content (AvgIpc) is 2.67. The maximum atomic E-state index is 13.0. The molecule has 6 heteroatoms. The number of hydrogen-bond acceptors (Lipinski definition) is 4. The summed E-state index contributed by atoms with van der Waals surface area (Å²) in [5.41, 5.74) is 0.330. The largest absolute Gasteiger partial charge is 0.476 e. The molecule has 86 valence electrons. The van der Waals surface area contributed by atoms with Crippen LogP contribution < -0.4 is 4.74 Å². The molecule has 1 N–H and O–H groups in total. The van der Waals surface area contributed by atoms with Gasteiger partial charge in [-0.1, -0.05) is 12.1 Å². The van der Waals surface area contributed by atoms with Crippen molar-refractivity contribution in [1.82, 2.24) is 0 Å². The topological polar surface area (TPSA) is 83.5 Å². The summed E-state index contributed by atoms with van der Waals surface area (Å²) in [6, 6.07) is 8.10. The molecule has 1 heterocycles. The molecule has 1 aromatic heterocycles. The second kappa shape index (κ2) is 4.14. The van der Waals surface area contributed by atoms with E-state index in [2.05, 4.69) is 4.74 Å². The number of hydrogen-bond donors (Lipinski definition) is 1. The van der Waals surface area contributed by atoms with Crippen LogP contribution in [-0.4, -0.2) is 17.4 Å². The average molecular weight is 235 g/mol. The van der Waals surface area contributed by atoms with Crippen LogP contribution in [0.2, 0.25) is 0 Å². The summed E-state index contributed by atoms with van der Waals surface area (Å²) in [6.45, 7) is 0. The lowest BCUT2D eigenvalue weighted by atomic mass is 10.2. The molecule has 0 radical (unpaired) electrons. The molecular weight excluding hydrogens is 229 g/mol. The van der Waals surface area contributed by atoms with Crippen LogP contribution in [0, 0.1) is 11.3 Å². The normalized spacial score (nSPS) is 12.0. The lowest BCUT2D eigenvalue weighted by Gasteiger charge is -2.05. The molecule has 0 aliphatic heterocycles. The van der Waals surface area contributed by atoms with Gasteiger partial charge in [-0.15, -0.1) is 0 Å². The third kappa shape index (κ3) is 1.90. The third-order valence-corrected chi connectivity index (χ3v) is 2.07. The summed E-state index contributed by atoms with van der Waals surface area (Å²) >= 11 is 0. The van der Waals surface area contributed by atoms with Gasteiger partial charge in [0.25, 0.3) is 0 Å². The molecule has 2 aromatic rings. The van der Waals surface area contributed by atoms with Crippen LogP contribution in [0.3, 0.4) is 0 Å². The Morgan fingerprint density at radius 3 is 2.88 bits per heavy atom. The summed E-state index contributed by atoms with van der Waals surface area (Å²) in [4.78, 5) is 10.3. The zero-order chi connectivity index (χ0) is 12.4. The van der Waals surface area contributed by atoms with E-state index >= 15 is 0 Å². The number of nitrogens with zero attached hydrogens (tertiary/aromatic N) is 1. The SMILES string of the molecule is N#Cc1oc2ccccc2c1OC(F)C(=O)O. The number of ether oxygens (including phenoxy) is 1. The number of nitriles is 1. The first-order valence-corrected chi connectivity index (χ1v) is 4.58. The van der Waals surface area contributed by atoms with E-state index in [0.29, 0.717) is 11.0 Å². The number of carboxylic acid groups (broad SMARTS) is 1. The highest BCUT2D eigenvalue weighted by Crippen LogP contribution is 2.33. The van der Waals surface area contributed by atoms with E-state index < -0.39 is 12.3 Å². The number of fused-ring (bicyclic) bond motifs is 1. The molecule has 5 nitrogen and oxygen atoms in total. The molecular formula is C11H6FNO4.